The van der Waals surface area contributed by atoms with Gasteiger partial charge >= 0.3 is 0 Å². The highest BCUT2D eigenvalue weighted by Gasteiger charge is 2.38. The van der Waals surface area contributed by atoms with Crippen LogP contribution in [-0.4, -0.2) is 60.6 Å². The summed E-state index contributed by atoms with van der Waals surface area (Å²) in [5, 5.41) is 0. The number of carbonyl (C=O) groups is 1. The number of ether oxygens (including phenoxy) is 1. The molecule has 2 aliphatic rings. The van der Waals surface area contributed by atoms with Gasteiger partial charge in [-0.05, 0) is 45.7 Å². The summed E-state index contributed by atoms with van der Waals surface area (Å²) in [4.78, 5) is 17.0. The Morgan fingerprint density at radius 3 is 2.63 bits per heavy atom. The van der Waals surface area contributed by atoms with E-state index >= 15 is 0 Å². The summed E-state index contributed by atoms with van der Waals surface area (Å²) in [5.41, 5.74) is 0. The standard InChI is InChI=1S/C15H28N2O2/c1-3-16-10-5-7-13(16)14-8-6-11-17(14)15(18)9-12-19-4-2/h13-14H,3-12H2,1-2H3/t13-,14+/m1/s1. The third-order valence-corrected chi connectivity index (χ3v) is 4.55. The predicted octanol–water partition coefficient (Wildman–Crippen LogP) is 1.89. The SMILES string of the molecule is CCOCCC(=O)N1CCC[C@H]1[C@H]1CCCN1CC. The molecule has 0 bridgehead atoms. The molecule has 1 amide bonds. The minimum Gasteiger partial charge on any atom is -0.381 e. The van der Waals surface area contributed by atoms with Crippen LogP contribution in [0, 0.1) is 0 Å². The van der Waals surface area contributed by atoms with Crippen molar-refractivity contribution in [3.8, 4) is 0 Å². The Morgan fingerprint density at radius 1 is 1.16 bits per heavy atom. The minimum atomic E-state index is 0.291. The van der Waals surface area contributed by atoms with Gasteiger partial charge in [-0.1, -0.05) is 6.92 Å². The molecule has 2 atom stereocenters. The first-order valence-corrected chi connectivity index (χ1v) is 7.89. The van der Waals surface area contributed by atoms with Gasteiger partial charge in [0.15, 0.2) is 0 Å². The largest absolute Gasteiger partial charge is 0.381 e. The van der Waals surface area contributed by atoms with Gasteiger partial charge in [0.25, 0.3) is 0 Å². The van der Waals surface area contributed by atoms with Crippen LogP contribution in [0.2, 0.25) is 0 Å². The summed E-state index contributed by atoms with van der Waals surface area (Å²) in [6.45, 7) is 8.74. The average Bonchev–Trinajstić information content (AvgIpc) is 3.06. The highest BCUT2D eigenvalue weighted by atomic mass is 16.5. The number of likely N-dealkylation sites (N-methyl/N-ethyl adjacent to an activating group) is 1. The van der Waals surface area contributed by atoms with E-state index in [1.165, 1.54) is 32.2 Å². The van der Waals surface area contributed by atoms with Gasteiger partial charge < -0.3 is 9.64 Å². The van der Waals surface area contributed by atoms with Crippen LogP contribution in [0.3, 0.4) is 0 Å². The van der Waals surface area contributed by atoms with Gasteiger partial charge in [0.05, 0.1) is 13.0 Å². The Hall–Kier alpha value is -0.610. The van der Waals surface area contributed by atoms with Crippen molar-refractivity contribution in [1.82, 2.24) is 9.80 Å². The second-order valence-electron chi connectivity index (χ2n) is 5.58. The van der Waals surface area contributed by atoms with E-state index in [9.17, 15) is 4.79 Å². The highest BCUT2D eigenvalue weighted by molar-refractivity contribution is 5.77. The molecule has 0 aromatic carbocycles. The molecule has 2 rings (SSSR count). The summed E-state index contributed by atoms with van der Waals surface area (Å²) in [5.74, 6) is 0.291. The molecule has 0 unspecified atom stereocenters. The molecule has 2 saturated heterocycles. The maximum atomic E-state index is 12.3. The summed E-state index contributed by atoms with van der Waals surface area (Å²) >= 11 is 0. The van der Waals surface area contributed by atoms with Crippen LogP contribution in [0.5, 0.6) is 0 Å². The molecule has 0 aromatic rings. The van der Waals surface area contributed by atoms with E-state index in [0.717, 1.165) is 13.1 Å². The zero-order valence-corrected chi connectivity index (χ0v) is 12.4. The van der Waals surface area contributed by atoms with Gasteiger partial charge in [-0.3, -0.25) is 9.69 Å². The molecule has 110 valence electrons. The van der Waals surface area contributed by atoms with Crippen molar-refractivity contribution in [3.63, 3.8) is 0 Å². The molecule has 2 heterocycles. The summed E-state index contributed by atoms with van der Waals surface area (Å²) < 4.78 is 5.31. The Kier molecular flexibility index (Phi) is 5.64. The average molecular weight is 268 g/mol. The number of rotatable bonds is 6. The molecule has 2 aliphatic heterocycles. The van der Waals surface area contributed by atoms with Crippen LogP contribution >= 0.6 is 0 Å². The number of hydrogen-bond acceptors (Lipinski definition) is 3. The predicted molar refractivity (Wildman–Crippen MR) is 76.1 cm³/mol. The van der Waals surface area contributed by atoms with E-state index in [-0.39, 0.29) is 0 Å². The first-order chi connectivity index (χ1) is 9.27. The lowest BCUT2D eigenvalue weighted by molar-refractivity contribution is -0.134. The van der Waals surface area contributed by atoms with Gasteiger partial charge in [0, 0.05) is 25.2 Å². The van der Waals surface area contributed by atoms with Crippen molar-refractivity contribution in [2.75, 3.05) is 32.8 Å². The van der Waals surface area contributed by atoms with E-state index in [2.05, 4.69) is 16.7 Å². The Labute approximate surface area is 117 Å². The first kappa shape index (κ1) is 14.8. The fourth-order valence-electron chi connectivity index (χ4n) is 3.63. The zero-order valence-electron chi connectivity index (χ0n) is 12.4. The Bertz CT molecular complexity index is 296. The monoisotopic (exact) mass is 268 g/mol. The molecule has 0 spiro atoms. The van der Waals surface area contributed by atoms with Gasteiger partial charge in [-0.25, -0.2) is 0 Å². The molecule has 4 heteroatoms. The lowest BCUT2D eigenvalue weighted by Gasteiger charge is -2.34. The molecule has 2 fully saturated rings. The molecule has 0 N–H and O–H groups in total. The molecule has 4 nitrogen and oxygen atoms in total. The van der Waals surface area contributed by atoms with Crippen molar-refractivity contribution in [3.05, 3.63) is 0 Å². The third-order valence-electron chi connectivity index (χ3n) is 4.55. The van der Waals surface area contributed by atoms with E-state index in [1.807, 2.05) is 6.92 Å². The zero-order chi connectivity index (χ0) is 13.7. The second-order valence-corrected chi connectivity index (χ2v) is 5.58. The second kappa shape index (κ2) is 7.25. The topological polar surface area (TPSA) is 32.8 Å². The quantitative estimate of drug-likeness (QED) is 0.690. The maximum Gasteiger partial charge on any atom is 0.225 e. The number of likely N-dealkylation sites (tertiary alicyclic amines) is 2. The Morgan fingerprint density at radius 2 is 1.89 bits per heavy atom. The van der Waals surface area contributed by atoms with Crippen LogP contribution in [0.25, 0.3) is 0 Å². The first-order valence-electron chi connectivity index (χ1n) is 7.89. The number of carbonyl (C=O) groups excluding carboxylic acids is 1. The molecule has 19 heavy (non-hydrogen) atoms. The van der Waals surface area contributed by atoms with Crippen LogP contribution in [0.1, 0.15) is 46.0 Å². The Balaban J connectivity index is 1.90. The van der Waals surface area contributed by atoms with Gasteiger partial charge in [-0.15, -0.1) is 0 Å². The smallest absolute Gasteiger partial charge is 0.225 e. The number of hydrogen-bond donors (Lipinski definition) is 0. The summed E-state index contributed by atoms with van der Waals surface area (Å²) in [6.07, 6.45) is 5.44. The van der Waals surface area contributed by atoms with Crippen molar-refractivity contribution in [2.24, 2.45) is 0 Å². The summed E-state index contributed by atoms with van der Waals surface area (Å²) in [6, 6.07) is 1.06. The van der Waals surface area contributed by atoms with Crippen LogP contribution in [-0.2, 0) is 9.53 Å². The third kappa shape index (κ3) is 3.48. The minimum absolute atomic E-state index is 0.291. The number of nitrogens with zero attached hydrogens (tertiary/aromatic N) is 2. The maximum absolute atomic E-state index is 12.3. The van der Waals surface area contributed by atoms with Crippen molar-refractivity contribution in [2.45, 2.75) is 58.0 Å². The van der Waals surface area contributed by atoms with Crippen molar-refractivity contribution < 1.29 is 9.53 Å². The molecule has 0 radical (unpaired) electrons. The van der Waals surface area contributed by atoms with Crippen molar-refractivity contribution >= 4 is 5.91 Å². The lowest BCUT2D eigenvalue weighted by Crippen LogP contribution is -2.48. The lowest BCUT2D eigenvalue weighted by atomic mass is 10.0. The van der Waals surface area contributed by atoms with E-state index in [0.29, 0.717) is 37.6 Å². The van der Waals surface area contributed by atoms with E-state index < -0.39 is 0 Å². The molecule has 0 aliphatic carbocycles. The van der Waals surface area contributed by atoms with Gasteiger partial charge in [0.1, 0.15) is 0 Å². The molecule has 0 aromatic heterocycles. The number of amides is 1. The fraction of sp³-hybridized carbons (Fsp3) is 0.933. The normalized spacial score (nSPS) is 28.2. The molecule has 0 saturated carbocycles. The highest BCUT2D eigenvalue weighted by Crippen LogP contribution is 2.30. The van der Waals surface area contributed by atoms with Gasteiger partial charge in [-0.2, -0.15) is 0 Å². The van der Waals surface area contributed by atoms with Crippen LogP contribution in [0.15, 0.2) is 0 Å². The van der Waals surface area contributed by atoms with E-state index in [4.69, 9.17) is 4.74 Å². The fourth-order valence-corrected chi connectivity index (χ4v) is 3.63. The van der Waals surface area contributed by atoms with Crippen molar-refractivity contribution in [1.29, 1.82) is 0 Å². The molecular weight excluding hydrogens is 240 g/mol. The van der Waals surface area contributed by atoms with Crippen LogP contribution in [0.4, 0.5) is 0 Å². The molecular formula is C15H28N2O2. The van der Waals surface area contributed by atoms with Crippen LogP contribution < -0.4 is 0 Å². The van der Waals surface area contributed by atoms with Gasteiger partial charge in [0.2, 0.25) is 5.91 Å². The van der Waals surface area contributed by atoms with E-state index in [1.54, 1.807) is 0 Å². The summed E-state index contributed by atoms with van der Waals surface area (Å²) in [7, 11) is 0.